The van der Waals surface area contributed by atoms with Gasteiger partial charge in [-0.15, -0.1) is 0 Å². The molecule has 0 fully saturated rings. The number of ether oxygens (including phenoxy) is 1. The van der Waals surface area contributed by atoms with Crippen molar-refractivity contribution in [1.82, 2.24) is 9.55 Å². The molecule has 2 aromatic rings. The van der Waals surface area contributed by atoms with E-state index in [4.69, 9.17) is 4.74 Å². The Morgan fingerprint density at radius 3 is 2.94 bits per heavy atom. The first-order valence-corrected chi connectivity index (χ1v) is 5.62. The lowest BCUT2D eigenvalue weighted by Gasteiger charge is -2.11. The van der Waals surface area contributed by atoms with Gasteiger partial charge in [0.25, 0.3) is 0 Å². The molecule has 1 heterocycles. The van der Waals surface area contributed by atoms with E-state index in [0.29, 0.717) is 0 Å². The van der Waals surface area contributed by atoms with Crippen LogP contribution in [0.1, 0.15) is 19.8 Å². The molecule has 0 radical (unpaired) electrons. The maximum Gasteiger partial charge on any atom is 0.143 e. The van der Waals surface area contributed by atoms with Crippen molar-refractivity contribution < 1.29 is 4.74 Å². The van der Waals surface area contributed by atoms with Gasteiger partial charge in [0.1, 0.15) is 5.75 Å². The molecule has 0 aliphatic heterocycles. The van der Waals surface area contributed by atoms with Crippen molar-refractivity contribution in [3.05, 3.63) is 43.0 Å². The molecule has 0 aliphatic rings. The molecular formula is C13H16N2O. The Morgan fingerprint density at radius 1 is 1.31 bits per heavy atom. The summed E-state index contributed by atoms with van der Waals surface area (Å²) in [6.07, 6.45) is 7.69. The van der Waals surface area contributed by atoms with Crippen LogP contribution < -0.4 is 4.74 Å². The Bertz CT molecular complexity index is 423. The van der Waals surface area contributed by atoms with Crippen molar-refractivity contribution in [2.24, 2.45) is 0 Å². The third-order valence-electron chi connectivity index (χ3n) is 2.40. The van der Waals surface area contributed by atoms with Crippen LogP contribution in [-0.4, -0.2) is 16.2 Å². The maximum absolute atomic E-state index is 5.75. The van der Waals surface area contributed by atoms with Gasteiger partial charge in [-0.3, -0.25) is 0 Å². The molecule has 84 valence electrons. The standard InChI is InChI=1S/C13H16N2O/c1-2-3-10-16-13-7-5-4-6-12(13)15-9-8-14-11-15/h4-9,11H,2-3,10H2,1H3. The number of benzene rings is 1. The van der Waals surface area contributed by atoms with E-state index >= 15 is 0 Å². The molecule has 3 heteroatoms. The summed E-state index contributed by atoms with van der Waals surface area (Å²) in [5.74, 6) is 0.911. The number of nitrogens with zero attached hydrogens (tertiary/aromatic N) is 2. The zero-order valence-electron chi connectivity index (χ0n) is 9.47. The molecule has 0 bridgehead atoms. The smallest absolute Gasteiger partial charge is 0.143 e. The van der Waals surface area contributed by atoms with Crippen LogP contribution >= 0.6 is 0 Å². The number of hydrogen-bond donors (Lipinski definition) is 0. The summed E-state index contributed by atoms with van der Waals surface area (Å²) >= 11 is 0. The highest BCUT2D eigenvalue weighted by atomic mass is 16.5. The van der Waals surface area contributed by atoms with Crippen molar-refractivity contribution >= 4 is 0 Å². The number of unbranched alkanes of at least 4 members (excludes halogenated alkanes) is 1. The van der Waals surface area contributed by atoms with Crippen molar-refractivity contribution in [3.8, 4) is 11.4 Å². The van der Waals surface area contributed by atoms with Gasteiger partial charge in [-0.05, 0) is 18.6 Å². The number of hydrogen-bond acceptors (Lipinski definition) is 2. The summed E-state index contributed by atoms with van der Waals surface area (Å²) in [5.41, 5.74) is 1.04. The Hall–Kier alpha value is -1.77. The molecule has 0 amide bonds. The van der Waals surface area contributed by atoms with Crippen LogP contribution in [0.2, 0.25) is 0 Å². The van der Waals surface area contributed by atoms with E-state index in [1.807, 2.05) is 35.0 Å². The molecule has 16 heavy (non-hydrogen) atoms. The highest BCUT2D eigenvalue weighted by molar-refractivity contribution is 5.46. The average molecular weight is 216 g/mol. The minimum absolute atomic E-state index is 0.766. The fourth-order valence-electron chi connectivity index (χ4n) is 1.52. The van der Waals surface area contributed by atoms with Crippen LogP contribution in [0.15, 0.2) is 43.0 Å². The van der Waals surface area contributed by atoms with Gasteiger partial charge < -0.3 is 9.30 Å². The predicted molar refractivity (Wildman–Crippen MR) is 64.0 cm³/mol. The van der Waals surface area contributed by atoms with Gasteiger partial charge >= 0.3 is 0 Å². The normalized spacial score (nSPS) is 10.3. The number of aromatic nitrogens is 2. The van der Waals surface area contributed by atoms with Crippen LogP contribution in [-0.2, 0) is 0 Å². The van der Waals surface area contributed by atoms with Crippen molar-refractivity contribution in [1.29, 1.82) is 0 Å². The Labute approximate surface area is 95.7 Å². The third-order valence-corrected chi connectivity index (χ3v) is 2.40. The van der Waals surface area contributed by atoms with Crippen LogP contribution in [0.5, 0.6) is 5.75 Å². The average Bonchev–Trinajstić information content (AvgIpc) is 2.83. The van der Waals surface area contributed by atoms with Gasteiger partial charge in [0, 0.05) is 12.4 Å². The minimum atomic E-state index is 0.766. The number of rotatable bonds is 5. The van der Waals surface area contributed by atoms with Crippen LogP contribution in [0.25, 0.3) is 5.69 Å². The molecule has 1 aromatic carbocycles. The minimum Gasteiger partial charge on any atom is -0.491 e. The van der Waals surface area contributed by atoms with Crippen molar-refractivity contribution in [3.63, 3.8) is 0 Å². The summed E-state index contributed by atoms with van der Waals surface area (Å²) < 4.78 is 7.71. The van der Waals surface area contributed by atoms with Gasteiger partial charge in [0.2, 0.25) is 0 Å². The summed E-state index contributed by atoms with van der Waals surface area (Å²) in [5, 5.41) is 0. The molecule has 0 atom stereocenters. The Morgan fingerprint density at radius 2 is 2.19 bits per heavy atom. The second-order valence-corrected chi connectivity index (χ2v) is 3.64. The van der Waals surface area contributed by atoms with Gasteiger partial charge in [-0.2, -0.15) is 0 Å². The molecule has 0 saturated carbocycles. The predicted octanol–water partition coefficient (Wildman–Crippen LogP) is 3.05. The van der Waals surface area contributed by atoms with E-state index in [2.05, 4.69) is 11.9 Å². The molecule has 0 aliphatic carbocycles. The van der Waals surface area contributed by atoms with Crippen molar-refractivity contribution in [2.75, 3.05) is 6.61 Å². The molecule has 1 aromatic heterocycles. The Kier molecular flexibility index (Phi) is 3.59. The van der Waals surface area contributed by atoms with Gasteiger partial charge in [0.05, 0.1) is 18.6 Å². The fraction of sp³-hybridized carbons (Fsp3) is 0.308. The number of para-hydroxylation sites is 2. The van der Waals surface area contributed by atoms with E-state index in [9.17, 15) is 0 Å². The first kappa shape index (κ1) is 10.7. The summed E-state index contributed by atoms with van der Waals surface area (Å²) in [4.78, 5) is 4.04. The Balaban J connectivity index is 2.18. The van der Waals surface area contributed by atoms with Gasteiger partial charge in [0.15, 0.2) is 0 Å². The first-order chi connectivity index (χ1) is 7.92. The summed E-state index contributed by atoms with van der Waals surface area (Å²) in [6.45, 7) is 2.92. The summed E-state index contributed by atoms with van der Waals surface area (Å²) in [7, 11) is 0. The molecule has 0 unspecified atom stereocenters. The lowest BCUT2D eigenvalue weighted by molar-refractivity contribution is 0.308. The van der Waals surface area contributed by atoms with Crippen molar-refractivity contribution in [2.45, 2.75) is 19.8 Å². The quantitative estimate of drug-likeness (QED) is 0.718. The lowest BCUT2D eigenvalue weighted by atomic mass is 10.3. The van der Waals surface area contributed by atoms with E-state index in [1.54, 1.807) is 12.5 Å². The van der Waals surface area contributed by atoms with E-state index in [0.717, 1.165) is 30.9 Å². The second-order valence-electron chi connectivity index (χ2n) is 3.64. The molecule has 2 rings (SSSR count). The maximum atomic E-state index is 5.75. The van der Waals surface area contributed by atoms with Gasteiger partial charge in [-0.1, -0.05) is 25.5 Å². The van der Waals surface area contributed by atoms with Crippen LogP contribution in [0.4, 0.5) is 0 Å². The topological polar surface area (TPSA) is 27.1 Å². The molecule has 0 spiro atoms. The SMILES string of the molecule is CCCCOc1ccccc1-n1ccnc1. The summed E-state index contributed by atoms with van der Waals surface area (Å²) in [6, 6.07) is 8.01. The first-order valence-electron chi connectivity index (χ1n) is 5.62. The van der Waals surface area contributed by atoms with E-state index in [-0.39, 0.29) is 0 Å². The lowest BCUT2D eigenvalue weighted by Crippen LogP contribution is -2.01. The number of imidazole rings is 1. The van der Waals surface area contributed by atoms with E-state index < -0.39 is 0 Å². The fourth-order valence-corrected chi connectivity index (χ4v) is 1.52. The largest absolute Gasteiger partial charge is 0.491 e. The zero-order chi connectivity index (χ0) is 11.2. The highest BCUT2D eigenvalue weighted by Gasteiger charge is 2.03. The molecular weight excluding hydrogens is 200 g/mol. The molecule has 0 saturated heterocycles. The zero-order valence-corrected chi connectivity index (χ0v) is 9.47. The highest BCUT2D eigenvalue weighted by Crippen LogP contribution is 2.22. The third kappa shape index (κ3) is 2.42. The molecule has 0 N–H and O–H groups in total. The second kappa shape index (κ2) is 5.35. The van der Waals surface area contributed by atoms with Crippen LogP contribution in [0, 0.1) is 0 Å². The molecule has 3 nitrogen and oxygen atoms in total. The monoisotopic (exact) mass is 216 g/mol. The van der Waals surface area contributed by atoms with E-state index in [1.165, 1.54) is 0 Å². The van der Waals surface area contributed by atoms with Gasteiger partial charge in [-0.25, -0.2) is 4.98 Å². The van der Waals surface area contributed by atoms with Crippen LogP contribution in [0.3, 0.4) is 0 Å².